The third-order valence-electron chi connectivity index (χ3n) is 3.81. The van der Waals surface area contributed by atoms with Crippen LogP contribution in [0.25, 0.3) is 5.57 Å². The van der Waals surface area contributed by atoms with Gasteiger partial charge in [0.2, 0.25) is 6.79 Å². The second-order valence-corrected chi connectivity index (χ2v) is 5.13. The van der Waals surface area contributed by atoms with E-state index in [9.17, 15) is 15.0 Å². The first-order chi connectivity index (χ1) is 10.6. The highest BCUT2D eigenvalue weighted by Gasteiger charge is 2.35. The fourth-order valence-electron chi connectivity index (χ4n) is 2.64. The van der Waals surface area contributed by atoms with E-state index in [1.165, 1.54) is 7.11 Å². The van der Waals surface area contributed by atoms with E-state index in [1.54, 1.807) is 18.2 Å². The third kappa shape index (κ3) is 2.60. The summed E-state index contributed by atoms with van der Waals surface area (Å²) < 4.78 is 15.2. The van der Waals surface area contributed by atoms with Gasteiger partial charge in [0.15, 0.2) is 11.5 Å². The Morgan fingerprint density at radius 1 is 1.32 bits per heavy atom. The van der Waals surface area contributed by atoms with Crippen LogP contribution in [-0.4, -0.2) is 48.5 Å². The number of aliphatic hydroxyl groups is 2. The normalized spacial score (nSPS) is 26.3. The molecule has 0 aromatic heterocycles. The molecule has 22 heavy (non-hydrogen) atoms. The zero-order valence-corrected chi connectivity index (χ0v) is 12.0. The minimum atomic E-state index is -1.12. The van der Waals surface area contributed by atoms with E-state index >= 15 is 0 Å². The highest BCUT2D eigenvalue weighted by atomic mass is 16.7. The molecule has 1 aromatic carbocycles. The lowest BCUT2D eigenvalue weighted by Gasteiger charge is -2.33. The molecule has 3 N–H and O–H groups in total. The molecule has 1 aliphatic carbocycles. The lowest BCUT2D eigenvalue weighted by molar-refractivity contribution is 0.00546. The summed E-state index contributed by atoms with van der Waals surface area (Å²) in [7, 11) is 1.24. The van der Waals surface area contributed by atoms with Gasteiger partial charge in [-0.3, -0.25) is 0 Å². The molecule has 0 saturated carbocycles. The molecule has 1 aliphatic heterocycles. The van der Waals surface area contributed by atoms with Crippen LogP contribution >= 0.6 is 0 Å². The molecule has 3 rings (SSSR count). The van der Waals surface area contributed by atoms with E-state index in [2.05, 4.69) is 10.1 Å². The van der Waals surface area contributed by atoms with Crippen molar-refractivity contribution in [3.8, 4) is 11.5 Å². The van der Waals surface area contributed by atoms with Crippen LogP contribution in [0.5, 0.6) is 11.5 Å². The fraction of sp³-hybridized carbons (Fsp3) is 0.400. The zero-order chi connectivity index (χ0) is 15.7. The van der Waals surface area contributed by atoms with E-state index in [0.29, 0.717) is 23.5 Å². The molecular weight excluding hydrogens is 290 g/mol. The number of rotatable bonds is 2. The second-order valence-electron chi connectivity index (χ2n) is 5.13. The predicted molar refractivity (Wildman–Crippen MR) is 76.5 cm³/mol. The molecule has 0 fully saturated rings. The van der Waals surface area contributed by atoms with E-state index in [1.807, 2.05) is 6.07 Å². The first-order valence-corrected chi connectivity index (χ1v) is 6.91. The monoisotopic (exact) mass is 307 g/mol. The SMILES string of the molecule is COC(=O)N[C@@H]1C(c2ccc3c(c2)OCO3)=CC[C@@H](O)[C@H]1O. The van der Waals surface area contributed by atoms with Crippen molar-refractivity contribution in [3.63, 3.8) is 0 Å². The molecule has 0 radical (unpaired) electrons. The largest absolute Gasteiger partial charge is 0.454 e. The van der Waals surface area contributed by atoms with E-state index in [4.69, 9.17) is 9.47 Å². The van der Waals surface area contributed by atoms with Gasteiger partial charge in [0.25, 0.3) is 0 Å². The number of aliphatic hydroxyl groups excluding tert-OH is 2. The molecule has 0 spiro atoms. The van der Waals surface area contributed by atoms with Crippen molar-refractivity contribution in [3.05, 3.63) is 29.8 Å². The van der Waals surface area contributed by atoms with Gasteiger partial charge < -0.3 is 29.7 Å². The average Bonchev–Trinajstić information content (AvgIpc) is 2.99. The number of benzene rings is 1. The summed E-state index contributed by atoms with van der Waals surface area (Å²) in [6.07, 6.45) is -0.658. The number of hydrogen-bond acceptors (Lipinski definition) is 6. The number of carbonyl (C=O) groups excluding carboxylic acids is 1. The van der Waals surface area contributed by atoms with Crippen molar-refractivity contribution in [2.24, 2.45) is 0 Å². The van der Waals surface area contributed by atoms with Gasteiger partial charge in [-0.25, -0.2) is 4.79 Å². The Kier molecular flexibility index (Phi) is 3.91. The zero-order valence-electron chi connectivity index (χ0n) is 12.0. The topological polar surface area (TPSA) is 97.3 Å². The Balaban J connectivity index is 1.93. The first kappa shape index (κ1) is 14.7. The van der Waals surface area contributed by atoms with Crippen molar-refractivity contribution >= 4 is 11.7 Å². The highest BCUT2D eigenvalue weighted by Crippen LogP contribution is 2.37. The van der Waals surface area contributed by atoms with Crippen LogP contribution in [0.4, 0.5) is 4.79 Å². The van der Waals surface area contributed by atoms with Crippen molar-refractivity contribution < 1.29 is 29.2 Å². The predicted octanol–water partition coefficient (Wildman–Crippen LogP) is 0.649. The fourth-order valence-corrected chi connectivity index (χ4v) is 2.64. The van der Waals surface area contributed by atoms with Gasteiger partial charge in [-0.1, -0.05) is 12.1 Å². The smallest absolute Gasteiger partial charge is 0.407 e. The van der Waals surface area contributed by atoms with E-state index in [-0.39, 0.29) is 6.79 Å². The average molecular weight is 307 g/mol. The number of fused-ring (bicyclic) bond motifs is 1. The van der Waals surface area contributed by atoms with Crippen LogP contribution in [-0.2, 0) is 4.74 Å². The molecular formula is C15H17NO6. The summed E-state index contributed by atoms with van der Waals surface area (Å²) >= 11 is 0. The summed E-state index contributed by atoms with van der Waals surface area (Å²) in [4.78, 5) is 11.5. The third-order valence-corrected chi connectivity index (χ3v) is 3.81. The number of ether oxygens (including phenoxy) is 3. The van der Waals surface area contributed by atoms with Crippen LogP contribution < -0.4 is 14.8 Å². The molecule has 7 heteroatoms. The number of hydrogen-bond donors (Lipinski definition) is 3. The maximum absolute atomic E-state index is 11.5. The summed E-state index contributed by atoms with van der Waals surface area (Å²) in [6, 6.07) is 4.60. The number of methoxy groups -OCH3 is 1. The summed E-state index contributed by atoms with van der Waals surface area (Å²) in [5.74, 6) is 1.26. The number of alkyl carbamates (subject to hydrolysis) is 1. The van der Waals surface area contributed by atoms with E-state index in [0.717, 1.165) is 5.56 Å². The Morgan fingerprint density at radius 3 is 2.86 bits per heavy atom. The van der Waals surface area contributed by atoms with Gasteiger partial charge >= 0.3 is 6.09 Å². The second kappa shape index (κ2) is 5.86. The van der Waals surface area contributed by atoms with Gasteiger partial charge in [-0.2, -0.15) is 0 Å². The Bertz CT molecular complexity index is 614. The molecule has 3 atom stereocenters. The molecule has 0 saturated heterocycles. The molecule has 1 amide bonds. The number of carbonyl (C=O) groups is 1. The number of amides is 1. The molecule has 0 unspecified atom stereocenters. The van der Waals surface area contributed by atoms with Crippen LogP contribution in [0.15, 0.2) is 24.3 Å². The summed E-state index contributed by atoms with van der Waals surface area (Å²) in [6.45, 7) is 0.170. The van der Waals surface area contributed by atoms with Gasteiger partial charge in [0.05, 0.1) is 19.3 Å². The van der Waals surface area contributed by atoms with Gasteiger partial charge in [-0.15, -0.1) is 0 Å². The van der Waals surface area contributed by atoms with Crippen molar-refractivity contribution in [2.45, 2.75) is 24.7 Å². The maximum Gasteiger partial charge on any atom is 0.407 e. The van der Waals surface area contributed by atoms with Crippen molar-refractivity contribution in [1.82, 2.24) is 5.32 Å². The minimum Gasteiger partial charge on any atom is -0.454 e. The summed E-state index contributed by atoms with van der Waals surface area (Å²) in [5, 5.41) is 22.6. The molecule has 7 nitrogen and oxygen atoms in total. The first-order valence-electron chi connectivity index (χ1n) is 6.91. The van der Waals surface area contributed by atoms with Gasteiger partial charge in [0.1, 0.15) is 6.10 Å². The van der Waals surface area contributed by atoms with Crippen LogP contribution in [0.1, 0.15) is 12.0 Å². The molecule has 0 bridgehead atoms. The van der Waals surface area contributed by atoms with Crippen LogP contribution in [0.2, 0.25) is 0 Å². The lowest BCUT2D eigenvalue weighted by Crippen LogP contribution is -2.51. The lowest BCUT2D eigenvalue weighted by atomic mass is 9.85. The Hall–Kier alpha value is -2.25. The molecule has 1 heterocycles. The van der Waals surface area contributed by atoms with Crippen LogP contribution in [0.3, 0.4) is 0 Å². The quantitative estimate of drug-likeness (QED) is 0.742. The van der Waals surface area contributed by atoms with Crippen LogP contribution in [0, 0.1) is 0 Å². The molecule has 2 aliphatic rings. The van der Waals surface area contributed by atoms with E-state index < -0.39 is 24.3 Å². The Labute approximate surface area is 127 Å². The van der Waals surface area contributed by atoms with Gasteiger partial charge in [-0.05, 0) is 29.7 Å². The van der Waals surface area contributed by atoms with Gasteiger partial charge in [0, 0.05) is 0 Å². The standard InChI is InChI=1S/C15H17NO6/c1-20-15(19)16-13-9(3-4-10(17)14(13)18)8-2-5-11-12(6-8)22-7-21-11/h2-3,5-6,10,13-14,17-18H,4,7H2,1H3,(H,16,19)/t10-,13-,14-/m1/s1. The highest BCUT2D eigenvalue weighted by molar-refractivity contribution is 5.78. The summed E-state index contributed by atoms with van der Waals surface area (Å²) in [5.41, 5.74) is 1.47. The van der Waals surface area contributed by atoms with Crippen molar-refractivity contribution in [1.29, 1.82) is 0 Å². The number of nitrogens with one attached hydrogen (secondary N) is 1. The Morgan fingerprint density at radius 2 is 2.09 bits per heavy atom. The molecule has 118 valence electrons. The van der Waals surface area contributed by atoms with Crippen molar-refractivity contribution in [2.75, 3.05) is 13.9 Å². The maximum atomic E-state index is 11.5. The molecule has 1 aromatic rings. The minimum absolute atomic E-state index is 0.170.